The van der Waals surface area contributed by atoms with Gasteiger partial charge in [-0.1, -0.05) is 11.3 Å². The molecule has 1 heterocycles. The van der Waals surface area contributed by atoms with Crippen LogP contribution >= 0.6 is 11.3 Å². The van der Waals surface area contributed by atoms with E-state index in [-0.39, 0.29) is 10.6 Å². The van der Waals surface area contributed by atoms with E-state index in [9.17, 15) is 10.1 Å². The van der Waals surface area contributed by atoms with Gasteiger partial charge in [-0.25, -0.2) is 0 Å². The minimum atomic E-state index is -0.454. The summed E-state index contributed by atoms with van der Waals surface area (Å²) < 4.78 is 5.09. The number of hydrogen-bond acceptors (Lipinski definition) is 5. The van der Waals surface area contributed by atoms with E-state index < -0.39 is 4.92 Å². The van der Waals surface area contributed by atoms with E-state index in [1.165, 1.54) is 23.5 Å². The standard InChI is InChI=1S/C9H6N2O3S/c10-9-14-8(5-15-9)6-1-3-7(4-2-6)11(12)13/h1-5,10H. The van der Waals surface area contributed by atoms with Crippen molar-refractivity contribution >= 4 is 17.0 Å². The summed E-state index contributed by atoms with van der Waals surface area (Å²) in [6, 6.07) is 6.02. The zero-order valence-electron chi connectivity index (χ0n) is 7.47. The van der Waals surface area contributed by atoms with E-state index >= 15 is 0 Å². The molecule has 0 spiro atoms. The van der Waals surface area contributed by atoms with Crippen LogP contribution < -0.4 is 4.87 Å². The van der Waals surface area contributed by atoms with Gasteiger partial charge in [0.2, 0.25) is 0 Å². The minimum absolute atomic E-state index is 0.0417. The highest BCUT2D eigenvalue weighted by molar-refractivity contribution is 7.07. The van der Waals surface area contributed by atoms with Gasteiger partial charge in [-0.2, -0.15) is 0 Å². The van der Waals surface area contributed by atoms with Gasteiger partial charge in [-0.3, -0.25) is 15.5 Å². The third-order valence-corrected chi connectivity index (χ3v) is 2.47. The SMILES string of the molecule is N=c1oc(-c2ccc([N+](=O)[O-])cc2)cs1. The predicted molar refractivity (Wildman–Crippen MR) is 54.5 cm³/mol. The average Bonchev–Trinajstić information content (AvgIpc) is 2.65. The molecule has 0 atom stereocenters. The van der Waals surface area contributed by atoms with Crippen LogP contribution in [0, 0.1) is 15.5 Å². The van der Waals surface area contributed by atoms with Gasteiger partial charge in [0.1, 0.15) is 5.76 Å². The second-order valence-corrected chi connectivity index (χ2v) is 3.64. The number of nitrogens with zero attached hydrogens (tertiary/aromatic N) is 1. The Morgan fingerprint density at radius 3 is 2.47 bits per heavy atom. The molecular formula is C9H6N2O3S. The molecule has 5 nitrogen and oxygen atoms in total. The maximum absolute atomic E-state index is 10.4. The number of rotatable bonds is 2. The Bertz CT molecular complexity index is 541. The van der Waals surface area contributed by atoms with Gasteiger partial charge >= 0.3 is 0 Å². The fourth-order valence-electron chi connectivity index (χ4n) is 1.13. The number of hydrogen-bond donors (Lipinski definition) is 1. The summed E-state index contributed by atoms with van der Waals surface area (Å²) in [4.78, 5) is 10.1. The first-order chi connectivity index (χ1) is 7.16. The van der Waals surface area contributed by atoms with E-state index in [4.69, 9.17) is 9.83 Å². The first-order valence-corrected chi connectivity index (χ1v) is 4.93. The summed E-state index contributed by atoms with van der Waals surface area (Å²) in [6.45, 7) is 0. The molecule has 2 rings (SSSR count). The molecule has 0 aliphatic carbocycles. The lowest BCUT2D eigenvalue weighted by Crippen LogP contribution is -1.87. The van der Waals surface area contributed by atoms with Crippen LogP contribution in [0.1, 0.15) is 0 Å². The van der Waals surface area contributed by atoms with Gasteiger partial charge in [-0.15, -0.1) is 0 Å². The quantitative estimate of drug-likeness (QED) is 0.625. The minimum Gasteiger partial charge on any atom is -0.430 e. The smallest absolute Gasteiger partial charge is 0.271 e. The number of nitro benzene ring substituents is 1. The number of non-ortho nitro benzene ring substituents is 1. The zero-order valence-corrected chi connectivity index (χ0v) is 8.28. The van der Waals surface area contributed by atoms with Crippen molar-refractivity contribution in [2.45, 2.75) is 0 Å². The molecule has 0 amide bonds. The third kappa shape index (κ3) is 1.94. The average molecular weight is 222 g/mol. The molecule has 6 heteroatoms. The van der Waals surface area contributed by atoms with Crippen LogP contribution in [0.4, 0.5) is 5.69 Å². The van der Waals surface area contributed by atoms with Crippen molar-refractivity contribution in [3.05, 3.63) is 44.6 Å². The second kappa shape index (κ2) is 3.66. The van der Waals surface area contributed by atoms with Crippen molar-refractivity contribution in [3.8, 4) is 11.3 Å². The third-order valence-electron chi connectivity index (χ3n) is 1.84. The highest BCUT2D eigenvalue weighted by Crippen LogP contribution is 2.22. The van der Waals surface area contributed by atoms with Gasteiger partial charge in [-0.05, 0) is 12.1 Å². The molecule has 15 heavy (non-hydrogen) atoms. The first kappa shape index (κ1) is 9.60. The van der Waals surface area contributed by atoms with Gasteiger partial charge < -0.3 is 4.42 Å². The monoisotopic (exact) mass is 222 g/mol. The highest BCUT2D eigenvalue weighted by atomic mass is 32.1. The Morgan fingerprint density at radius 1 is 1.33 bits per heavy atom. The lowest BCUT2D eigenvalue weighted by Gasteiger charge is -1.94. The van der Waals surface area contributed by atoms with Crippen molar-refractivity contribution in [3.63, 3.8) is 0 Å². The van der Waals surface area contributed by atoms with E-state index in [1.54, 1.807) is 17.5 Å². The molecule has 0 saturated heterocycles. The molecule has 0 bridgehead atoms. The van der Waals surface area contributed by atoms with Crippen LogP contribution in [0.3, 0.4) is 0 Å². The largest absolute Gasteiger partial charge is 0.430 e. The molecule has 0 fully saturated rings. The molecule has 0 radical (unpaired) electrons. The molecule has 76 valence electrons. The van der Waals surface area contributed by atoms with Crippen LogP contribution in [0.15, 0.2) is 34.1 Å². The molecule has 0 unspecified atom stereocenters. The van der Waals surface area contributed by atoms with Crippen LogP contribution in [0.2, 0.25) is 0 Å². The van der Waals surface area contributed by atoms with Crippen molar-refractivity contribution in [2.24, 2.45) is 0 Å². The Hall–Kier alpha value is -1.95. The lowest BCUT2D eigenvalue weighted by molar-refractivity contribution is -0.384. The van der Waals surface area contributed by atoms with E-state index in [0.717, 1.165) is 5.56 Å². The Kier molecular flexibility index (Phi) is 2.34. The number of nitro groups is 1. The summed E-state index contributed by atoms with van der Waals surface area (Å²) in [5.74, 6) is 0.555. The Labute approximate surface area is 88.3 Å². The van der Waals surface area contributed by atoms with E-state index in [0.29, 0.717) is 5.76 Å². The first-order valence-electron chi connectivity index (χ1n) is 4.05. The number of benzene rings is 1. The summed E-state index contributed by atoms with van der Waals surface area (Å²) in [5, 5.41) is 19.3. The van der Waals surface area contributed by atoms with Crippen molar-refractivity contribution in [1.82, 2.24) is 0 Å². The highest BCUT2D eigenvalue weighted by Gasteiger charge is 2.06. The molecule has 1 aromatic heterocycles. The van der Waals surface area contributed by atoms with Crippen molar-refractivity contribution in [2.75, 3.05) is 0 Å². The maximum Gasteiger partial charge on any atom is 0.271 e. The second-order valence-electron chi connectivity index (χ2n) is 2.79. The Balaban J connectivity index is 2.39. The fourth-order valence-corrected chi connectivity index (χ4v) is 1.67. The summed E-state index contributed by atoms with van der Waals surface area (Å²) in [5.41, 5.74) is 0.774. The van der Waals surface area contributed by atoms with Crippen molar-refractivity contribution < 1.29 is 9.34 Å². The summed E-state index contributed by atoms with van der Waals surface area (Å²) in [6.07, 6.45) is 0. The predicted octanol–water partition coefficient (Wildman–Crippen LogP) is 2.40. The van der Waals surface area contributed by atoms with Gasteiger partial charge in [0, 0.05) is 23.1 Å². The van der Waals surface area contributed by atoms with Gasteiger partial charge in [0.05, 0.1) is 4.92 Å². The molecule has 1 N–H and O–H groups in total. The van der Waals surface area contributed by atoms with Gasteiger partial charge in [0.15, 0.2) is 0 Å². The maximum atomic E-state index is 10.4. The molecular weight excluding hydrogens is 216 g/mol. The van der Waals surface area contributed by atoms with Crippen LogP contribution in [-0.2, 0) is 0 Å². The Morgan fingerprint density at radius 2 is 2.00 bits per heavy atom. The molecule has 0 saturated carbocycles. The molecule has 2 aromatic rings. The molecule has 1 aromatic carbocycles. The van der Waals surface area contributed by atoms with Crippen LogP contribution in [-0.4, -0.2) is 4.92 Å². The molecule has 0 aliphatic rings. The number of nitrogens with one attached hydrogen (secondary N) is 1. The lowest BCUT2D eigenvalue weighted by atomic mass is 10.2. The fraction of sp³-hybridized carbons (Fsp3) is 0. The summed E-state index contributed by atoms with van der Waals surface area (Å²) >= 11 is 1.18. The van der Waals surface area contributed by atoms with Gasteiger partial charge in [0.25, 0.3) is 10.6 Å². The van der Waals surface area contributed by atoms with Crippen LogP contribution in [0.5, 0.6) is 0 Å². The van der Waals surface area contributed by atoms with Crippen molar-refractivity contribution in [1.29, 1.82) is 5.41 Å². The molecule has 0 aliphatic heterocycles. The topological polar surface area (TPSA) is 80.1 Å². The van der Waals surface area contributed by atoms with E-state index in [1.807, 2.05) is 0 Å². The normalized spacial score (nSPS) is 10.1. The van der Waals surface area contributed by atoms with Crippen LogP contribution in [0.25, 0.3) is 11.3 Å². The van der Waals surface area contributed by atoms with E-state index in [2.05, 4.69) is 0 Å². The summed E-state index contributed by atoms with van der Waals surface area (Å²) in [7, 11) is 0. The zero-order chi connectivity index (χ0) is 10.8.